The molecule has 0 fully saturated rings. The lowest BCUT2D eigenvalue weighted by Gasteiger charge is -2.12. The number of rotatable bonds is 5. The van der Waals surface area contributed by atoms with Gasteiger partial charge in [-0.2, -0.15) is 10.2 Å². The lowest BCUT2D eigenvalue weighted by Crippen LogP contribution is -2.14. The van der Waals surface area contributed by atoms with E-state index >= 15 is 0 Å². The fourth-order valence-corrected chi connectivity index (χ4v) is 3.54. The Hall–Kier alpha value is -3.62. The quantitative estimate of drug-likeness (QED) is 0.398. The first kappa shape index (κ1) is 21.6. The smallest absolute Gasteiger partial charge is 0.257 e. The summed E-state index contributed by atoms with van der Waals surface area (Å²) in [7, 11) is 0. The van der Waals surface area contributed by atoms with E-state index in [0.717, 1.165) is 6.07 Å². The van der Waals surface area contributed by atoms with Crippen LogP contribution in [0.3, 0.4) is 0 Å². The van der Waals surface area contributed by atoms with Crippen LogP contribution in [0.1, 0.15) is 15.9 Å². The second-order valence-electron chi connectivity index (χ2n) is 6.55. The molecule has 0 radical (unpaired) electrons. The second kappa shape index (κ2) is 8.86. The molecule has 2 aromatic carbocycles. The number of benzene rings is 2. The third-order valence-electron chi connectivity index (χ3n) is 4.51. The van der Waals surface area contributed by atoms with E-state index in [2.05, 4.69) is 27.1 Å². The van der Waals surface area contributed by atoms with Crippen LogP contribution in [0, 0.1) is 11.6 Å². The highest BCUT2D eigenvalue weighted by molar-refractivity contribution is 6.35. The van der Waals surface area contributed by atoms with E-state index in [1.165, 1.54) is 59.8 Å². The van der Waals surface area contributed by atoms with E-state index < -0.39 is 17.5 Å². The van der Waals surface area contributed by atoms with Gasteiger partial charge in [0, 0.05) is 5.56 Å². The summed E-state index contributed by atoms with van der Waals surface area (Å²) in [5.41, 5.74) is 1.08. The van der Waals surface area contributed by atoms with Crippen LogP contribution in [-0.4, -0.2) is 25.9 Å². The number of halogens is 4. The SMILES string of the molecule is C=Cc1cc(F)ccc1-c1cc(Cl)c(C(=O)Nc2cnc(-n3nccn3)c(Cl)c2)cc1F. The van der Waals surface area contributed by atoms with Gasteiger partial charge in [0.05, 0.1) is 39.9 Å². The fraction of sp³-hybridized carbons (Fsp3) is 0. The molecular formula is C22H13Cl2F2N5O. The molecule has 6 nitrogen and oxygen atoms in total. The number of carbonyl (C=O) groups is 1. The molecule has 0 saturated heterocycles. The Bertz CT molecular complexity index is 1340. The molecule has 0 unspecified atom stereocenters. The summed E-state index contributed by atoms with van der Waals surface area (Å²) in [5, 5.41) is 10.7. The van der Waals surface area contributed by atoms with Crippen LogP contribution in [-0.2, 0) is 0 Å². The third kappa shape index (κ3) is 4.23. The van der Waals surface area contributed by atoms with Crippen molar-refractivity contribution in [3.63, 3.8) is 0 Å². The fourth-order valence-electron chi connectivity index (χ4n) is 3.04. The molecule has 1 amide bonds. The van der Waals surface area contributed by atoms with Crippen molar-refractivity contribution in [2.24, 2.45) is 0 Å². The minimum Gasteiger partial charge on any atom is -0.320 e. The minimum absolute atomic E-state index is 0.00894. The molecule has 1 N–H and O–H groups in total. The Balaban J connectivity index is 1.62. The Morgan fingerprint density at radius 2 is 1.78 bits per heavy atom. The van der Waals surface area contributed by atoms with Crippen molar-refractivity contribution in [2.75, 3.05) is 5.32 Å². The van der Waals surface area contributed by atoms with Crippen molar-refractivity contribution in [1.29, 1.82) is 0 Å². The molecule has 2 aromatic heterocycles. The maximum atomic E-state index is 14.9. The van der Waals surface area contributed by atoms with Crippen molar-refractivity contribution in [2.45, 2.75) is 0 Å². The molecule has 160 valence electrons. The minimum atomic E-state index is -0.703. The second-order valence-corrected chi connectivity index (χ2v) is 7.36. The number of amides is 1. The largest absolute Gasteiger partial charge is 0.320 e. The molecule has 32 heavy (non-hydrogen) atoms. The van der Waals surface area contributed by atoms with Crippen LogP contribution < -0.4 is 5.32 Å². The molecule has 0 spiro atoms. The van der Waals surface area contributed by atoms with Crippen LogP contribution in [0.2, 0.25) is 10.0 Å². The average molecular weight is 472 g/mol. The maximum absolute atomic E-state index is 14.9. The average Bonchev–Trinajstić information content (AvgIpc) is 3.29. The van der Waals surface area contributed by atoms with Gasteiger partial charge in [-0.05, 0) is 41.5 Å². The van der Waals surface area contributed by atoms with Gasteiger partial charge in [0.15, 0.2) is 5.82 Å². The van der Waals surface area contributed by atoms with E-state index in [0.29, 0.717) is 11.1 Å². The van der Waals surface area contributed by atoms with Gasteiger partial charge in [-0.25, -0.2) is 13.8 Å². The number of carbonyl (C=O) groups excluding carboxylic acids is 1. The molecule has 2 heterocycles. The highest BCUT2D eigenvalue weighted by Crippen LogP contribution is 2.32. The summed E-state index contributed by atoms with van der Waals surface area (Å²) in [6.07, 6.45) is 5.71. The molecule has 0 aliphatic heterocycles. The van der Waals surface area contributed by atoms with E-state index in [1.54, 1.807) is 0 Å². The molecular weight excluding hydrogens is 459 g/mol. The van der Waals surface area contributed by atoms with Crippen LogP contribution in [0.5, 0.6) is 0 Å². The molecule has 0 saturated carbocycles. The van der Waals surface area contributed by atoms with Crippen LogP contribution in [0.15, 0.2) is 61.6 Å². The first-order valence-corrected chi connectivity index (χ1v) is 9.88. The highest BCUT2D eigenvalue weighted by Gasteiger charge is 2.18. The highest BCUT2D eigenvalue weighted by atomic mass is 35.5. The summed E-state index contributed by atoms with van der Waals surface area (Å²) in [5.74, 6) is -1.56. The molecule has 0 aliphatic carbocycles. The monoisotopic (exact) mass is 471 g/mol. The van der Waals surface area contributed by atoms with E-state index in [-0.39, 0.29) is 32.7 Å². The number of pyridine rings is 1. The van der Waals surface area contributed by atoms with E-state index in [9.17, 15) is 13.6 Å². The van der Waals surface area contributed by atoms with Crippen molar-refractivity contribution in [1.82, 2.24) is 20.0 Å². The van der Waals surface area contributed by atoms with Gasteiger partial charge in [0.2, 0.25) is 0 Å². The van der Waals surface area contributed by atoms with Crippen LogP contribution in [0.25, 0.3) is 23.0 Å². The normalized spacial score (nSPS) is 10.8. The third-order valence-corrected chi connectivity index (χ3v) is 5.10. The van der Waals surface area contributed by atoms with Crippen molar-refractivity contribution in [3.05, 3.63) is 94.4 Å². The lowest BCUT2D eigenvalue weighted by atomic mass is 9.97. The van der Waals surface area contributed by atoms with E-state index in [1.807, 2.05) is 0 Å². The van der Waals surface area contributed by atoms with Crippen LogP contribution in [0.4, 0.5) is 14.5 Å². The van der Waals surface area contributed by atoms with Gasteiger partial charge in [-0.3, -0.25) is 4.79 Å². The Kier molecular flexibility index (Phi) is 5.98. The van der Waals surface area contributed by atoms with Crippen molar-refractivity contribution in [3.8, 4) is 16.9 Å². The Morgan fingerprint density at radius 3 is 2.47 bits per heavy atom. The number of hydrogen-bond acceptors (Lipinski definition) is 4. The summed E-state index contributed by atoms with van der Waals surface area (Å²) in [4.78, 5) is 18.1. The number of anilines is 1. The molecule has 4 rings (SSSR count). The molecule has 0 bridgehead atoms. The van der Waals surface area contributed by atoms with Gasteiger partial charge in [-0.15, -0.1) is 4.80 Å². The van der Waals surface area contributed by atoms with Gasteiger partial charge < -0.3 is 5.32 Å². The maximum Gasteiger partial charge on any atom is 0.257 e. The zero-order chi connectivity index (χ0) is 22.8. The predicted octanol–water partition coefficient (Wildman–Crippen LogP) is 5.81. The zero-order valence-electron chi connectivity index (χ0n) is 16.2. The topological polar surface area (TPSA) is 72.7 Å². The summed E-state index contributed by atoms with van der Waals surface area (Å²) < 4.78 is 28.4. The lowest BCUT2D eigenvalue weighted by molar-refractivity contribution is 0.102. The van der Waals surface area contributed by atoms with Gasteiger partial charge in [0.25, 0.3) is 5.91 Å². The standard InChI is InChI=1S/C22H13Cl2F2N5O/c1-2-12-7-13(25)3-4-15(12)16-9-18(23)17(10-20(16)26)22(32)30-14-8-19(24)21(27-11-14)31-28-5-6-29-31/h2-11H,1H2,(H,30,32). The van der Waals surface area contributed by atoms with E-state index in [4.69, 9.17) is 23.2 Å². The molecule has 0 aliphatic rings. The van der Waals surface area contributed by atoms with Crippen LogP contribution >= 0.6 is 23.2 Å². The Morgan fingerprint density at radius 1 is 1.03 bits per heavy atom. The number of hydrogen-bond donors (Lipinski definition) is 1. The van der Waals surface area contributed by atoms with Crippen molar-refractivity contribution >= 4 is 40.9 Å². The zero-order valence-corrected chi connectivity index (χ0v) is 17.7. The molecule has 4 aromatic rings. The van der Waals surface area contributed by atoms with Gasteiger partial charge in [0.1, 0.15) is 11.6 Å². The number of aromatic nitrogens is 4. The van der Waals surface area contributed by atoms with Crippen molar-refractivity contribution < 1.29 is 13.6 Å². The molecule has 10 heteroatoms. The van der Waals surface area contributed by atoms with Gasteiger partial charge in [-0.1, -0.05) is 41.9 Å². The van der Waals surface area contributed by atoms with Gasteiger partial charge >= 0.3 is 0 Å². The summed E-state index contributed by atoms with van der Waals surface area (Å²) in [6, 6.07) is 7.64. The first-order chi connectivity index (χ1) is 15.4. The summed E-state index contributed by atoms with van der Waals surface area (Å²) >= 11 is 12.5. The predicted molar refractivity (Wildman–Crippen MR) is 119 cm³/mol. The number of nitrogens with one attached hydrogen (secondary N) is 1. The Labute approximate surface area is 191 Å². The number of nitrogens with zero attached hydrogens (tertiary/aromatic N) is 4. The summed E-state index contributed by atoms with van der Waals surface area (Å²) in [6.45, 7) is 3.62. The first-order valence-electron chi connectivity index (χ1n) is 9.12. The molecule has 0 atom stereocenters.